The summed E-state index contributed by atoms with van der Waals surface area (Å²) in [5.41, 5.74) is 1.92. The molecule has 2 nitrogen and oxygen atoms in total. The molecule has 3 aliphatic carbocycles. The van der Waals surface area contributed by atoms with Crippen LogP contribution in [0.15, 0.2) is 34.8 Å². The third-order valence-corrected chi connectivity index (χ3v) is 6.68. The lowest BCUT2D eigenvalue weighted by atomic mass is 9.42. The first-order valence-electron chi connectivity index (χ1n) is 8.55. The van der Waals surface area contributed by atoms with Gasteiger partial charge in [0.2, 0.25) is 8.32 Å². The number of hydrogen-bond acceptors (Lipinski definition) is 2. The highest BCUT2D eigenvalue weighted by atomic mass is 28.4. The van der Waals surface area contributed by atoms with Gasteiger partial charge in [0.1, 0.15) is 0 Å². The predicted molar refractivity (Wildman–Crippen MR) is 93.0 cm³/mol. The van der Waals surface area contributed by atoms with Crippen LogP contribution in [0.5, 0.6) is 0 Å². The second kappa shape index (κ2) is 5.02. The van der Waals surface area contributed by atoms with Crippen molar-refractivity contribution in [2.24, 2.45) is 22.7 Å². The Morgan fingerprint density at radius 3 is 2.55 bits per heavy atom. The Bertz CT molecular complexity index is 565. The highest BCUT2D eigenvalue weighted by molar-refractivity contribution is 6.70. The number of fused-ring (bicyclic) bond motifs is 1. The molecule has 1 heterocycles. The van der Waals surface area contributed by atoms with Gasteiger partial charge in [-0.05, 0) is 73.4 Å². The molecule has 3 aliphatic rings. The molecule has 0 spiro atoms. The molecule has 0 unspecified atom stereocenters. The van der Waals surface area contributed by atoms with Gasteiger partial charge in [0.05, 0.1) is 18.3 Å². The smallest absolute Gasteiger partial charge is 0.241 e. The van der Waals surface area contributed by atoms with E-state index < -0.39 is 8.32 Å². The van der Waals surface area contributed by atoms with E-state index in [-0.39, 0.29) is 5.41 Å². The molecular weight excluding hydrogens is 288 g/mol. The standard InChI is InChI=1S/C19H30O2Si/c1-18(2)15-11-17(18)19(3,9-7-14-8-10-20-13-14)12-16(15)21-22(4,5)6/h8,10,12-13,15,17H,7,9,11H2,1-6H3/t15-,17-,19+/m0/s1. The summed E-state index contributed by atoms with van der Waals surface area (Å²) in [5.74, 6) is 2.69. The number of allylic oxidation sites excluding steroid dienone is 2. The van der Waals surface area contributed by atoms with Gasteiger partial charge in [-0.25, -0.2) is 0 Å². The lowest BCUT2D eigenvalue weighted by molar-refractivity contribution is -0.0991. The zero-order chi connectivity index (χ0) is 16.2. The van der Waals surface area contributed by atoms with Crippen molar-refractivity contribution >= 4 is 8.32 Å². The van der Waals surface area contributed by atoms with Crippen LogP contribution in [0.4, 0.5) is 0 Å². The molecule has 0 radical (unpaired) electrons. The van der Waals surface area contributed by atoms with E-state index in [0.29, 0.717) is 11.3 Å². The van der Waals surface area contributed by atoms with Gasteiger partial charge < -0.3 is 8.84 Å². The normalized spacial score (nSPS) is 33.1. The topological polar surface area (TPSA) is 22.4 Å². The molecule has 0 aliphatic heterocycles. The fourth-order valence-corrected chi connectivity index (χ4v) is 5.51. The third-order valence-electron chi connectivity index (χ3n) is 5.84. The van der Waals surface area contributed by atoms with Crippen LogP contribution in [-0.4, -0.2) is 8.32 Å². The summed E-state index contributed by atoms with van der Waals surface area (Å²) in [4.78, 5) is 0. The quantitative estimate of drug-likeness (QED) is 0.656. The molecule has 1 aromatic rings. The van der Waals surface area contributed by atoms with E-state index in [2.05, 4.69) is 52.6 Å². The van der Waals surface area contributed by atoms with Crippen molar-refractivity contribution < 1.29 is 8.84 Å². The molecule has 1 saturated carbocycles. The molecule has 22 heavy (non-hydrogen) atoms. The maximum Gasteiger partial charge on any atom is 0.241 e. The van der Waals surface area contributed by atoms with E-state index in [9.17, 15) is 0 Å². The van der Waals surface area contributed by atoms with Crippen LogP contribution in [0.1, 0.15) is 39.2 Å². The van der Waals surface area contributed by atoms with Crippen LogP contribution in [0, 0.1) is 22.7 Å². The zero-order valence-corrected chi connectivity index (χ0v) is 15.9. The molecule has 1 fully saturated rings. The number of aryl methyl sites for hydroxylation is 1. The van der Waals surface area contributed by atoms with Gasteiger partial charge in [0.25, 0.3) is 0 Å². The lowest BCUT2D eigenvalue weighted by Crippen LogP contribution is -2.57. The molecule has 122 valence electrons. The van der Waals surface area contributed by atoms with Gasteiger partial charge in [-0.1, -0.05) is 20.8 Å². The number of hydrogen-bond donors (Lipinski definition) is 0. The Morgan fingerprint density at radius 1 is 1.27 bits per heavy atom. The highest BCUT2D eigenvalue weighted by Gasteiger charge is 2.60. The van der Waals surface area contributed by atoms with Gasteiger partial charge >= 0.3 is 0 Å². The molecule has 2 bridgehead atoms. The third kappa shape index (κ3) is 2.68. The summed E-state index contributed by atoms with van der Waals surface area (Å²) < 4.78 is 11.7. The van der Waals surface area contributed by atoms with Crippen molar-refractivity contribution in [1.82, 2.24) is 0 Å². The fraction of sp³-hybridized carbons (Fsp3) is 0.684. The van der Waals surface area contributed by atoms with Crippen LogP contribution in [0.25, 0.3) is 0 Å². The van der Waals surface area contributed by atoms with Crippen molar-refractivity contribution in [2.45, 2.75) is 59.7 Å². The first-order chi connectivity index (χ1) is 10.1. The molecule has 0 saturated heterocycles. The molecule has 3 heteroatoms. The molecular formula is C19H30O2Si. The van der Waals surface area contributed by atoms with E-state index in [1.54, 1.807) is 6.26 Å². The van der Waals surface area contributed by atoms with E-state index >= 15 is 0 Å². The highest BCUT2D eigenvalue weighted by Crippen LogP contribution is 2.66. The summed E-state index contributed by atoms with van der Waals surface area (Å²) in [6.45, 7) is 14.2. The average Bonchev–Trinajstić information content (AvgIpc) is 2.86. The minimum Gasteiger partial charge on any atom is -0.547 e. The maximum absolute atomic E-state index is 6.48. The van der Waals surface area contributed by atoms with Crippen molar-refractivity contribution in [3.8, 4) is 0 Å². The van der Waals surface area contributed by atoms with E-state index in [1.165, 1.54) is 24.2 Å². The van der Waals surface area contributed by atoms with Gasteiger partial charge in [0, 0.05) is 5.92 Å². The van der Waals surface area contributed by atoms with Crippen LogP contribution >= 0.6 is 0 Å². The Balaban J connectivity index is 1.83. The summed E-state index contributed by atoms with van der Waals surface area (Å²) >= 11 is 0. The minimum atomic E-state index is -1.55. The van der Waals surface area contributed by atoms with E-state index in [4.69, 9.17) is 8.84 Å². The zero-order valence-electron chi connectivity index (χ0n) is 14.9. The summed E-state index contributed by atoms with van der Waals surface area (Å²) in [7, 11) is -1.55. The van der Waals surface area contributed by atoms with E-state index in [0.717, 1.165) is 12.3 Å². The second-order valence-electron chi connectivity index (χ2n) is 9.06. The lowest BCUT2D eigenvalue weighted by Gasteiger charge is -2.63. The van der Waals surface area contributed by atoms with Crippen LogP contribution in [0.2, 0.25) is 19.6 Å². The molecule has 3 atom stereocenters. The van der Waals surface area contributed by atoms with Crippen molar-refractivity contribution in [3.05, 3.63) is 36.0 Å². The molecule has 0 amide bonds. The maximum atomic E-state index is 6.48. The Morgan fingerprint density at radius 2 is 2.00 bits per heavy atom. The largest absolute Gasteiger partial charge is 0.547 e. The molecule has 1 aromatic heterocycles. The van der Waals surface area contributed by atoms with Crippen molar-refractivity contribution in [3.63, 3.8) is 0 Å². The predicted octanol–water partition coefficient (Wildman–Crippen LogP) is 5.63. The molecule has 0 N–H and O–H groups in total. The van der Waals surface area contributed by atoms with Crippen molar-refractivity contribution in [2.75, 3.05) is 0 Å². The summed E-state index contributed by atoms with van der Waals surface area (Å²) in [6.07, 6.45) is 9.69. The van der Waals surface area contributed by atoms with E-state index in [1.807, 2.05) is 6.26 Å². The molecule has 4 rings (SSSR count). The SMILES string of the molecule is CC1(C)[C@H]2C[C@@H]1[C@](C)(CCc1ccoc1)C=C2O[Si](C)(C)C. The Hall–Kier alpha value is -0.963. The van der Waals surface area contributed by atoms with Crippen LogP contribution in [-0.2, 0) is 10.8 Å². The second-order valence-corrected chi connectivity index (χ2v) is 13.5. The van der Waals surface area contributed by atoms with Gasteiger partial charge in [0.15, 0.2) is 0 Å². The van der Waals surface area contributed by atoms with Gasteiger partial charge in [-0.3, -0.25) is 0 Å². The first kappa shape index (κ1) is 15.9. The van der Waals surface area contributed by atoms with Gasteiger partial charge in [-0.2, -0.15) is 0 Å². The fourth-order valence-electron chi connectivity index (χ4n) is 4.60. The van der Waals surface area contributed by atoms with Crippen LogP contribution in [0.3, 0.4) is 0 Å². The summed E-state index contributed by atoms with van der Waals surface area (Å²) in [6, 6.07) is 2.09. The number of rotatable bonds is 5. The monoisotopic (exact) mass is 318 g/mol. The Labute approximate surface area is 136 Å². The summed E-state index contributed by atoms with van der Waals surface area (Å²) in [5, 5.41) is 0. The molecule has 0 aromatic carbocycles. The van der Waals surface area contributed by atoms with Crippen molar-refractivity contribution in [1.29, 1.82) is 0 Å². The van der Waals surface area contributed by atoms with Crippen LogP contribution < -0.4 is 0 Å². The number of furan rings is 1. The van der Waals surface area contributed by atoms with Gasteiger partial charge in [-0.15, -0.1) is 0 Å². The first-order valence-corrected chi connectivity index (χ1v) is 12.0. The average molecular weight is 319 g/mol. The minimum absolute atomic E-state index is 0.241. The Kier molecular flexibility index (Phi) is 3.63.